The van der Waals surface area contributed by atoms with Gasteiger partial charge in [-0.25, -0.2) is 0 Å². The van der Waals surface area contributed by atoms with Crippen molar-refractivity contribution in [1.82, 2.24) is 15.6 Å². The van der Waals surface area contributed by atoms with Gasteiger partial charge in [-0.05, 0) is 59.2 Å². The number of aryl methyl sites for hydroxylation is 1. The highest BCUT2D eigenvalue weighted by molar-refractivity contribution is 5.91. The van der Waals surface area contributed by atoms with Crippen LogP contribution in [0.2, 0.25) is 0 Å². The molecule has 0 fully saturated rings. The molecule has 0 spiro atoms. The number of aromatic amines is 1. The van der Waals surface area contributed by atoms with E-state index in [1.54, 1.807) is 0 Å². The minimum atomic E-state index is -1.04. The van der Waals surface area contributed by atoms with Gasteiger partial charge in [0.1, 0.15) is 6.04 Å². The van der Waals surface area contributed by atoms with Gasteiger partial charge in [0.15, 0.2) is 0 Å². The first-order chi connectivity index (χ1) is 21.0. The van der Waals surface area contributed by atoms with Crippen molar-refractivity contribution in [1.29, 1.82) is 0 Å². The Labute approximate surface area is 251 Å². The molecule has 1 heterocycles. The standard InChI is InChI=1S/C36H37N3O4/c40-34(41)23-28(16-9-15-27-14-8-13-26-12-4-5-17-30(26)27)35(42)39-33(22-29-24-38-32-19-7-6-18-31(29)32)36(43)37-21-20-25-10-2-1-3-11-25/h1-8,10-14,17-19,24,28,33,38H,9,15-16,20-23H2,(H,37,43)(H,39,42)(H,40,41). The minimum Gasteiger partial charge on any atom is -0.481 e. The van der Waals surface area contributed by atoms with Gasteiger partial charge in [0.05, 0.1) is 6.42 Å². The van der Waals surface area contributed by atoms with Crippen molar-refractivity contribution in [3.8, 4) is 0 Å². The Hall–Kier alpha value is -4.91. The smallest absolute Gasteiger partial charge is 0.304 e. The van der Waals surface area contributed by atoms with Crippen molar-refractivity contribution in [3.63, 3.8) is 0 Å². The predicted octanol–water partition coefficient (Wildman–Crippen LogP) is 5.82. The molecule has 2 atom stereocenters. The van der Waals surface area contributed by atoms with Gasteiger partial charge in [-0.1, -0.05) is 91.0 Å². The Morgan fingerprint density at radius 2 is 1.47 bits per heavy atom. The van der Waals surface area contributed by atoms with Crippen molar-refractivity contribution in [2.24, 2.45) is 5.92 Å². The van der Waals surface area contributed by atoms with Crippen LogP contribution in [0, 0.1) is 5.92 Å². The highest BCUT2D eigenvalue weighted by atomic mass is 16.4. The number of carboxylic acid groups (broad SMARTS) is 1. The fourth-order valence-corrected chi connectivity index (χ4v) is 5.70. The van der Waals surface area contributed by atoms with Gasteiger partial charge in [-0.15, -0.1) is 0 Å². The molecule has 0 saturated carbocycles. The lowest BCUT2D eigenvalue weighted by Gasteiger charge is -2.22. The lowest BCUT2D eigenvalue weighted by atomic mass is 9.93. The summed E-state index contributed by atoms with van der Waals surface area (Å²) in [6.07, 6.45) is 4.28. The number of hydrogen-bond acceptors (Lipinski definition) is 3. The quantitative estimate of drug-likeness (QED) is 0.134. The summed E-state index contributed by atoms with van der Waals surface area (Å²) < 4.78 is 0. The average Bonchev–Trinajstić information content (AvgIpc) is 3.43. The monoisotopic (exact) mass is 575 g/mol. The third-order valence-electron chi connectivity index (χ3n) is 7.96. The zero-order valence-corrected chi connectivity index (χ0v) is 24.1. The molecule has 0 aliphatic carbocycles. The highest BCUT2D eigenvalue weighted by Gasteiger charge is 2.28. The maximum atomic E-state index is 13.6. The third-order valence-corrected chi connectivity index (χ3v) is 7.96. The number of para-hydroxylation sites is 1. The maximum Gasteiger partial charge on any atom is 0.304 e. The van der Waals surface area contributed by atoms with Gasteiger partial charge in [0, 0.05) is 36.0 Å². The van der Waals surface area contributed by atoms with Crippen LogP contribution in [0.15, 0.2) is 103 Å². The lowest BCUT2D eigenvalue weighted by Crippen LogP contribution is -2.50. The zero-order chi connectivity index (χ0) is 30.0. The van der Waals surface area contributed by atoms with Gasteiger partial charge in [0.2, 0.25) is 11.8 Å². The number of carbonyl (C=O) groups is 3. The molecule has 220 valence electrons. The lowest BCUT2D eigenvalue weighted by molar-refractivity contribution is -0.141. The number of rotatable bonds is 14. The number of carboxylic acids is 1. The van der Waals surface area contributed by atoms with Crippen LogP contribution in [-0.2, 0) is 33.6 Å². The van der Waals surface area contributed by atoms with E-state index in [0.717, 1.165) is 39.2 Å². The van der Waals surface area contributed by atoms with Gasteiger partial charge >= 0.3 is 5.97 Å². The highest BCUT2D eigenvalue weighted by Crippen LogP contribution is 2.23. The van der Waals surface area contributed by atoms with E-state index in [-0.39, 0.29) is 18.7 Å². The van der Waals surface area contributed by atoms with Crippen molar-refractivity contribution in [2.75, 3.05) is 6.54 Å². The molecule has 2 unspecified atom stereocenters. The van der Waals surface area contributed by atoms with Crippen LogP contribution in [0.25, 0.3) is 21.7 Å². The van der Waals surface area contributed by atoms with Crippen LogP contribution in [-0.4, -0.2) is 40.5 Å². The molecule has 0 aliphatic heterocycles. The van der Waals surface area contributed by atoms with Crippen molar-refractivity contribution < 1.29 is 19.5 Å². The average molecular weight is 576 g/mol. The maximum absolute atomic E-state index is 13.6. The molecular formula is C36H37N3O4. The first-order valence-electron chi connectivity index (χ1n) is 14.8. The molecule has 7 heteroatoms. The summed E-state index contributed by atoms with van der Waals surface area (Å²) in [6.45, 7) is 0.423. The van der Waals surface area contributed by atoms with E-state index in [4.69, 9.17) is 0 Å². The van der Waals surface area contributed by atoms with Crippen molar-refractivity contribution in [3.05, 3.63) is 120 Å². The number of H-pyrrole nitrogens is 1. The fraction of sp³-hybridized carbons (Fsp3) is 0.250. The van der Waals surface area contributed by atoms with Gasteiger partial charge in [-0.3, -0.25) is 14.4 Å². The number of benzene rings is 4. The SMILES string of the molecule is O=C(O)CC(CCCc1cccc2ccccc12)C(=O)NC(Cc1c[nH]c2ccccc12)C(=O)NCCc1ccccc1. The number of amides is 2. The normalized spacial score (nSPS) is 12.6. The second-order valence-corrected chi connectivity index (χ2v) is 11.0. The molecule has 43 heavy (non-hydrogen) atoms. The minimum absolute atomic E-state index is 0.280. The van der Waals surface area contributed by atoms with Crippen molar-refractivity contribution in [2.45, 2.75) is 44.6 Å². The molecule has 4 aromatic carbocycles. The summed E-state index contributed by atoms with van der Waals surface area (Å²) in [6, 6.07) is 31.2. The Morgan fingerprint density at radius 3 is 2.28 bits per heavy atom. The third kappa shape index (κ3) is 7.89. The number of aromatic nitrogens is 1. The van der Waals surface area contributed by atoms with Gasteiger partial charge in [0.25, 0.3) is 0 Å². The van der Waals surface area contributed by atoms with Crippen LogP contribution in [0.5, 0.6) is 0 Å². The summed E-state index contributed by atoms with van der Waals surface area (Å²) in [5.41, 5.74) is 4.13. The summed E-state index contributed by atoms with van der Waals surface area (Å²) in [5, 5.41) is 18.8. The first kappa shape index (κ1) is 29.6. The molecular weight excluding hydrogens is 538 g/mol. The molecule has 5 aromatic rings. The second-order valence-electron chi connectivity index (χ2n) is 11.0. The van der Waals surface area contributed by atoms with Crippen LogP contribution in [0.1, 0.15) is 36.0 Å². The Balaban J connectivity index is 1.28. The summed E-state index contributed by atoms with van der Waals surface area (Å²) >= 11 is 0. The van der Waals surface area contributed by atoms with E-state index in [9.17, 15) is 19.5 Å². The molecule has 0 aliphatic rings. The van der Waals surface area contributed by atoms with Crippen molar-refractivity contribution >= 4 is 39.5 Å². The van der Waals surface area contributed by atoms with E-state index in [1.807, 2.05) is 79.0 Å². The molecule has 1 aromatic heterocycles. The van der Waals surface area contributed by atoms with E-state index < -0.39 is 23.8 Å². The van der Waals surface area contributed by atoms with Gasteiger partial charge in [-0.2, -0.15) is 0 Å². The van der Waals surface area contributed by atoms with E-state index in [0.29, 0.717) is 25.8 Å². The van der Waals surface area contributed by atoms with E-state index >= 15 is 0 Å². The summed E-state index contributed by atoms with van der Waals surface area (Å²) in [5.74, 6) is -2.50. The topological polar surface area (TPSA) is 111 Å². The number of aliphatic carboxylic acids is 1. The Kier molecular flexibility index (Phi) is 9.85. The molecule has 0 saturated heterocycles. The molecule has 7 nitrogen and oxygen atoms in total. The Morgan fingerprint density at radius 1 is 0.744 bits per heavy atom. The van der Waals surface area contributed by atoms with Crippen LogP contribution >= 0.6 is 0 Å². The van der Waals surface area contributed by atoms with Crippen LogP contribution < -0.4 is 10.6 Å². The number of carbonyl (C=O) groups excluding carboxylic acids is 2. The number of nitrogens with one attached hydrogen (secondary N) is 3. The Bertz CT molecular complexity index is 1690. The van der Waals surface area contributed by atoms with E-state index in [1.165, 1.54) is 5.56 Å². The molecule has 4 N–H and O–H groups in total. The molecule has 0 radical (unpaired) electrons. The van der Waals surface area contributed by atoms with E-state index in [2.05, 4.69) is 39.9 Å². The van der Waals surface area contributed by atoms with Crippen LogP contribution in [0.3, 0.4) is 0 Å². The molecule has 2 amide bonds. The number of hydrogen-bond donors (Lipinski definition) is 4. The zero-order valence-electron chi connectivity index (χ0n) is 24.1. The summed E-state index contributed by atoms with van der Waals surface area (Å²) in [7, 11) is 0. The first-order valence-corrected chi connectivity index (χ1v) is 14.8. The number of fused-ring (bicyclic) bond motifs is 2. The molecule has 0 bridgehead atoms. The second kappa shape index (κ2) is 14.3. The fourth-order valence-electron chi connectivity index (χ4n) is 5.70. The summed E-state index contributed by atoms with van der Waals surface area (Å²) in [4.78, 5) is 42.0. The van der Waals surface area contributed by atoms with Crippen LogP contribution in [0.4, 0.5) is 0 Å². The predicted molar refractivity (Wildman–Crippen MR) is 170 cm³/mol. The largest absolute Gasteiger partial charge is 0.481 e. The van der Waals surface area contributed by atoms with Gasteiger partial charge < -0.3 is 20.7 Å². The molecule has 5 rings (SSSR count).